The summed E-state index contributed by atoms with van der Waals surface area (Å²) in [5.74, 6) is 1.90. The summed E-state index contributed by atoms with van der Waals surface area (Å²) in [6.45, 7) is 6.44. The lowest BCUT2D eigenvalue weighted by molar-refractivity contribution is -0.910. The summed E-state index contributed by atoms with van der Waals surface area (Å²) in [6.07, 6.45) is 9.72. The second kappa shape index (κ2) is 8.53. The van der Waals surface area contributed by atoms with Crippen molar-refractivity contribution in [1.82, 2.24) is 0 Å². The van der Waals surface area contributed by atoms with Crippen molar-refractivity contribution in [3.63, 3.8) is 0 Å². The molecule has 1 aromatic rings. The molecule has 1 N–H and O–H groups in total. The Kier molecular flexibility index (Phi) is 6.97. The molecule has 2 aliphatic rings. The van der Waals surface area contributed by atoms with Crippen LogP contribution < -0.4 is 26.6 Å². The molecular weight excluding hydrogens is 350 g/mol. The number of nitrogens with one attached hydrogen (secondary N) is 1. The van der Waals surface area contributed by atoms with Gasteiger partial charge in [-0.3, -0.25) is 0 Å². The van der Waals surface area contributed by atoms with Crippen molar-refractivity contribution in [3.05, 3.63) is 29.8 Å². The van der Waals surface area contributed by atoms with E-state index >= 15 is 0 Å². The molecule has 1 saturated carbocycles. The van der Waals surface area contributed by atoms with Gasteiger partial charge in [0.1, 0.15) is 5.75 Å². The predicted octanol–water partition coefficient (Wildman–Crippen LogP) is 0.216. The molecule has 130 valence electrons. The van der Waals surface area contributed by atoms with Gasteiger partial charge in [0.15, 0.2) is 0 Å². The Hall–Kier alpha value is -0.540. The second-order valence-electron chi connectivity index (χ2n) is 7.39. The van der Waals surface area contributed by atoms with Crippen LogP contribution in [0.15, 0.2) is 24.3 Å². The number of halogens is 1. The highest BCUT2D eigenvalue weighted by atomic mass is 79.9. The third-order valence-corrected chi connectivity index (χ3v) is 6.20. The molecule has 3 rings (SSSR count). The molecule has 2 nitrogen and oxygen atoms in total. The number of piperidine rings is 1. The van der Waals surface area contributed by atoms with E-state index in [0.29, 0.717) is 5.41 Å². The van der Waals surface area contributed by atoms with Gasteiger partial charge in [0, 0.05) is 17.8 Å². The minimum atomic E-state index is 0. The summed E-state index contributed by atoms with van der Waals surface area (Å²) in [5.41, 5.74) is 1.99. The summed E-state index contributed by atoms with van der Waals surface area (Å²) in [7, 11) is 1.78. The zero-order valence-electron chi connectivity index (χ0n) is 14.7. The van der Waals surface area contributed by atoms with Crippen LogP contribution in [0.3, 0.4) is 0 Å². The Balaban J connectivity index is 0.00000192. The van der Waals surface area contributed by atoms with Gasteiger partial charge >= 0.3 is 0 Å². The Morgan fingerprint density at radius 1 is 1.26 bits per heavy atom. The number of ether oxygens (including phenoxy) is 1. The van der Waals surface area contributed by atoms with E-state index in [9.17, 15) is 0 Å². The van der Waals surface area contributed by atoms with Crippen molar-refractivity contribution in [1.29, 1.82) is 0 Å². The van der Waals surface area contributed by atoms with Crippen molar-refractivity contribution in [2.75, 3.05) is 26.7 Å². The Labute approximate surface area is 152 Å². The van der Waals surface area contributed by atoms with Crippen LogP contribution in [0.25, 0.3) is 0 Å². The van der Waals surface area contributed by atoms with Crippen LogP contribution in [0.4, 0.5) is 0 Å². The van der Waals surface area contributed by atoms with Gasteiger partial charge in [0.25, 0.3) is 0 Å². The Morgan fingerprint density at radius 3 is 2.91 bits per heavy atom. The molecule has 1 aliphatic carbocycles. The topological polar surface area (TPSA) is 13.7 Å². The van der Waals surface area contributed by atoms with Crippen molar-refractivity contribution in [2.45, 2.75) is 57.3 Å². The van der Waals surface area contributed by atoms with Gasteiger partial charge in [-0.25, -0.2) is 0 Å². The van der Waals surface area contributed by atoms with Gasteiger partial charge in [0.05, 0.1) is 26.7 Å². The van der Waals surface area contributed by atoms with Gasteiger partial charge < -0.3 is 26.6 Å². The molecule has 3 heteroatoms. The Bertz CT molecular complexity index is 492. The number of hydrogen-bond acceptors (Lipinski definition) is 1. The van der Waals surface area contributed by atoms with Crippen molar-refractivity contribution in [3.8, 4) is 5.75 Å². The molecule has 3 atom stereocenters. The quantitative estimate of drug-likeness (QED) is 0.695. The number of hydrogen-bond donors (Lipinski definition) is 1. The number of likely N-dealkylation sites (tertiary alicyclic amines) is 1. The minimum Gasteiger partial charge on any atom is -1.00 e. The van der Waals surface area contributed by atoms with Crippen LogP contribution in [0, 0.1) is 5.92 Å². The van der Waals surface area contributed by atoms with E-state index in [4.69, 9.17) is 4.74 Å². The molecule has 23 heavy (non-hydrogen) atoms. The van der Waals surface area contributed by atoms with Crippen LogP contribution in [0.5, 0.6) is 5.75 Å². The maximum atomic E-state index is 5.47. The van der Waals surface area contributed by atoms with Crippen LogP contribution in [-0.2, 0) is 5.41 Å². The average molecular weight is 382 g/mol. The fraction of sp³-hybridized carbons (Fsp3) is 0.700. The highest BCUT2D eigenvalue weighted by Crippen LogP contribution is 2.49. The van der Waals surface area contributed by atoms with Gasteiger partial charge in [-0.2, -0.15) is 0 Å². The fourth-order valence-electron chi connectivity index (χ4n) is 4.93. The lowest BCUT2D eigenvalue weighted by atomic mass is 9.67. The first kappa shape index (κ1) is 18.8. The molecule has 0 radical (unpaired) electrons. The molecule has 0 amide bonds. The lowest BCUT2D eigenvalue weighted by Crippen LogP contribution is -3.14. The highest BCUT2D eigenvalue weighted by Gasteiger charge is 2.49. The van der Waals surface area contributed by atoms with Crippen LogP contribution in [-0.4, -0.2) is 26.7 Å². The number of benzene rings is 1. The normalized spacial score (nSPS) is 29.7. The molecule has 3 unspecified atom stereocenters. The molecule has 0 aromatic heterocycles. The first-order chi connectivity index (χ1) is 10.8. The molecule has 1 saturated heterocycles. The fourth-order valence-corrected chi connectivity index (χ4v) is 4.93. The molecule has 1 heterocycles. The van der Waals surface area contributed by atoms with E-state index in [0.717, 1.165) is 11.7 Å². The summed E-state index contributed by atoms with van der Waals surface area (Å²) in [5, 5.41) is 0. The first-order valence-corrected chi connectivity index (χ1v) is 9.26. The minimum absolute atomic E-state index is 0. The standard InChI is InChI=1S/C20H31NO.BrH/c1-3-4-5-13-21-14-12-20(11-7-9-18(20)16-21)17-8-6-10-19(15-17)22-2;/h6,8,10,15,18H,3-5,7,9,11-14,16H2,1-2H3;1H. The van der Waals surface area contributed by atoms with Crippen LogP contribution in [0.1, 0.15) is 57.4 Å². The maximum absolute atomic E-state index is 5.47. The van der Waals surface area contributed by atoms with Gasteiger partial charge in [0.2, 0.25) is 0 Å². The smallest absolute Gasteiger partial charge is 0.119 e. The van der Waals surface area contributed by atoms with E-state index in [-0.39, 0.29) is 17.0 Å². The molecule has 0 bridgehead atoms. The van der Waals surface area contributed by atoms with E-state index in [1.165, 1.54) is 64.6 Å². The summed E-state index contributed by atoms with van der Waals surface area (Å²) >= 11 is 0. The van der Waals surface area contributed by atoms with Gasteiger partial charge in [-0.15, -0.1) is 0 Å². The molecule has 1 aliphatic heterocycles. The highest BCUT2D eigenvalue weighted by molar-refractivity contribution is 5.35. The van der Waals surface area contributed by atoms with Crippen molar-refractivity contribution < 1.29 is 26.6 Å². The number of quaternary nitrogens is 1. The van der Waals surface area contributed by atoms with E-state index in [1.54, 1.807) is 12.7 Å². The molecular formula is C20H32BrNO. The largest absolute Gasteiger partial charge is 1.00 e. The third-order valence-electron chi connectivity index (χ3n) is 6.20. The number of fused-ring (bicyclic) bond motifs is 1. The number of unbranched alkanes of at least 4 members (excludes halogenated alkanes) is 2. The van der Waals surface area contributed by atoms with Gasteiger partial charge in [-0.05, 0) is 43.4 Å². The Morgan fingerprint density at radius 2 is 2.13 bits per heavy atom. The second-order valence-corrected chi connectivity index (χ2v) is 7.39. The monoisotopic (exact) mass is 381 g/mol. The number of methoxy groups -OCH3 is 1. The van der Waals surface area contributed by atoms with Crippen LogP contribution in [0.2, 0.25) is 0 Å². The molecule has 2 fully saturated rings. The molecule has 1 aromatic carbocycles. The lowest BCUT2D eigenvalue weighted by Gasteiger charge is -2.43. The third kappa shape index (κ3) is 3.93. The summed E-state index contributed by atoms with van der Waals surface area (Å²) in [6, 6.07) is 8.91. The van der Waals surface area contributed by atoms with Crippen molar-refractivity contribution >= 4 is 0 Å². The SMILES string of the molecule is CCCCC[NH+]1CCC2(c3cccc(OC)c3)CCCC2C1.[Br-]. The zero-order valence-corrected chi connectivity index (χ0v) is 16.3. The summed E-state index contributed by atoms with van der Waals surface area (Å²) < 4.78 is 5.47. The predicted molar refractivity (Wildman–Crippen MR) is 91.7 cm³/mol. The van der Waals surface area contributed by atoms with E-state index in [2.05, 4.69) is 31.2 Å². The first-order valence-electron chi connectivity index (χ1n) is 9.26. The average Bonchev–Trinajstić information content (AvgIpc) is 2.99. The van der Waals surface area contributed by atoms with E-state index < -0.39 is 0 Å². The van der Waals surface area contributed by atoms with Gasteiger partial charge in [-0.1, -0.05) is 31.9 Å². The van der Waals surface area contributed by atoms with Crippen molar-refractivity contribution in [2.24, 2.45) is 5.92 Å². The summed E-state index contributed by atoms with van der Waals surface area (Å²) in [4.78, 5) is 1.86. The van der Waals surface area contributed by atoms with Crippen LogP contribution >= 0.6 is 0 Å². The molecule has 0 spiro atoms. The van der Waals surface area contributed by atoms with E-state index in [1.807, 2.05) is 4.90 Å². The maximum Gasteiger partial charge on any atom is 0.119 e. The number of rotatable bonds is 6. The zero-order chi connectivity index (χ0) is 15.4.